The van der Waals surface area contributed by atoms with Crippen LogP contribution in [0.4, 0.5) is 8.78 Å². The molecular formula is C25H27F2N3O3. The predicted octanol–water partition coefficient (Wildman–Crippen LogP) is 4.64. The van der Waals surface area contributed by atoms with Crippen LogP contribution in [0.2, 0.25) is 0 Å². The second-order valence-electron chi connectivity index (χ2n) is 8.79. The number of ether oxygens (including phenoxy) is 1. The van der Waals surface area contributed by atoms with Crippen molar-refractivity contribution >= 4 is 22.7 Å². The van der Waals surface area contributed by atoms with Crippen LogP contribution in [0.1, 0.15) is 43.1 Å². The van der Waals surface area contributed by atoms with Crippen molar-refractivity contribution in [2.75, 3.05) is 20.2 Å². The smallest absolute Gasteiger partial charge is 0.245 e. The Balaban J connectivity index is 1.48. The summed E-state index contributed by atoms with van der Waals surface area (Å²) in [5.74, 6) is -1.53. The van der Waals surface area contributed by atoms with E-state index in [4.69, 9.17) is 4.74 Å². The minimum atomic E-state index is -0.975. The van der Waals surface area contributed by atoms with E-state index in [-0.39, 0.29) is 23.5 Å². The molecule has 0 saturated carbocycles. The van der Waals surface area contributed by atoms with Gasteiger partial charge in [0.15, 0.2) is 17.4 Å². The van der Waals surface area contributed by atoms with Crippen molar-refractivity contribution in [3.8, 4) is 5.75 Å². The summed E-state index contributed by atoms with van der Waals surface area (Å²) < 4.78 is 34.2. The molecule has 174 valence electrons. The maximum absolute atomic E-state index is 13.9. The van der Waals surface area contributed by atoms with E-state index in [2.05, 4.69) is 4.98 Å². The van der Waals surface area contributed by atoms with Crippen LogP contribution in [0, 0.1) is 23.5 Å². The number of carbonyl (C=O) groups is 2. The van der Waals surface area contributed by atoms with Gasteiger partial charge in [0.2, 0.25) is 5.91 Å². The maximum Gasteiger partial charge on any atom is 0.245 e. The van der Waals surface area contributed by atoms with E-state index in [0.29, 0.717) is 48.3 Å². The highest BCUT2D eigenvalue weighted by atomic mass is 19.2. The first-order valence-corrected chi connectivity index (χ1v) is 11.1. The summed E-state index contributed by atoms with van der Waals surface area (Å²) in [6, 6.07) is 8.58. The van der Waals surface area contributed by atoms with E-state index >= 15 is 0 Å². The van der Waals surface area contributed by atoms with Gasteiger partial charge in [-0.1, -0.05) is 13.8 Å². The summed E-state index contributed by atoms with van der Waals surface area (Å²) in [5, 5.41) is 0. The first kappa shape index (κ1) is 22.9. The van der Waals surface area contributed by atoms with Gasteiger partial charge in [0.05, 0.1) is 24.5 Å². The molecule has 0 radical (unpaired) electrons. The van der Waals surface area contributed by atoms with Crippen molar-refractivity contribution < 1.29 is 23.1 Å². The van der Waals surface area contributed by atoms with Crippen LogP contribution < -0.4 is 4.74 Å². The lowest BCUT2D eigenvalue weighted by molar-refractivity contribution is -0.137. The van der Waals surface area contributed by atoms with Crippen molar-refractivity contribution in [3.05, 3.63) is 59.9 Å². The lowest BCUT2D eigenvalue weighted by atomic mass is 9.88. The third kappa shape index (κ3) is 4.47. The average molecular weight is 456 g/mol. The Kier molecular flexibility index (Phi) is 6.44. The molecule has 1 aliphatic rings. The number of imidazole rings is 1. The minimum absolute atomic E-state index is 0.0725. The number of carbonyl (C=O) groups excluding carboxylic acids is 2. The number of ketones is 1. The SMILES string of the molecule is COc1ccc(C(=O)C2CCN(C(=O)C(C(C)C)n3cnc4cc(F)c(F)cc43)CC2)cc1. The Hall–Kier alpha value is -3.29. The third-order valence-corrected chi connectivity index (χ3v) is 6.35. The van der Waals surface area contributed by atoms with Gasteiger partial charge in [-0.2, -0.15) is 0 Å². The van der Waals surface area contributed by atoms with Gasteiger partial charge in [-0.05, 0) is 43.0 Å². The van der Waals surface area contributed by atoms with Crippen LogP contribution in [-0.4, -0.2) is 46.3 Å². The van der Waals surface area contributed by atoms with Crippen molar-refractivity contribution in [1.82, 2.24) is 14.5 Å². The molecule has 1 unspecified atom stereocenters. The van der Waals surface area contributed by atoms with Crippen LogP contribution in [0.15, 0.2) is 42.7 Å². The van der Waals surface area contributed by atoms with Crippen LogP contribution in [0.5, 0.6) is 5.75 Å². The molecule has 4 rings (SSSR count). The van der Waals surface area contributed by atoms with Crippen molar-refractivity contribution in [2.45, 2.75) is 32.7 Å². The Morgan fingerprint density at radius 2 is 1.70 bits per heavy atom. The zero-order valence-electron chi connectivity index (χ0n) is 18.9. The number of fused-ring (bicyclic) bond motifs is 1. The first-order chi connectivity index (χ1) is 15.8. The summed E-state index contributed by atoms with van der Waals surface area (Å²) in [6.07, 6.45) is 2.62. The monoisotopic (exact) mass is 455 g/mol. The lowest BCUT2D eigenvalue weighted by Gasteiger charge is -2.35. The van der Waals surface area contributed by atoms with Gasteiger partial charge in [0.25, 0.3) is 0 Å². The zero-order valence-corrected chi connectivity index (χ0v) is 18.9. The molecule has 0 aliphatic carbocycles. The minimum Gasteiger partial charge on any atom is -0.497 e. The quantitative estimate of drug-likeness (QED) is 0.508. The van der Waals surface area contributed by atoms with E-state index in [1.54, 1.807) is 40.8 Å². The molecule has 0 N–H and O–H groups in total. The number of likely N-dealkylation sites (tertiary alicyclic amines) is 1. The number of rotatable bonds is 6. The van der Waals surface area contributed by atoms with Gasteiger partial charge in [-0.15, -0.1) is 0 Å². The van der Waals surface area contributed by atoms with Crippen LogP contribution in [-0.2, 0) is 4.79 Å². The van der Waals surface area contributed by atoms with Crippen molar-refractivity contribution in [1.29, 1.82) is 0 Å². The molecule has 1 aromatic heterocycles. The fourth-order valence-corrected chi connectivity index (χ4v) is 4.51. The number of hydrogen-bond acceptors (Lipinski definition) is 4. The van der Waals surface area contributed by atoms with Gasteiger partial charge in [-0.3, -0.25) is 9.59 Å². The van der Waals surface area contributed by atoms with E-state index in [1.807, 2.05) is 13.8 Å². The van der Waals surface area contributed by atoms with E-state index in [1.165, 1.54) is 6.33 Å². The number of hydrogen-bond donors (Lipinski definition) is 0. The Bertz CT molecular complexity index is 1170. The maximum atomic E-state index is 13.9. The highest BCUT2D eigenvalue weighted by Gasteiger charge is 2.34. The molecule has 0 spiro atoms. The molecule has 33 heavy (non-hydrogen) atoms. The summed E-state index contributed by atoms with van der Waals surface area (Å²) in [6.45, 7) is 4.75. The molecule has 2 heterocycles. The van der Waals surface area contributed by atoms with Crippen molar-refractivity contribution in [2.24, 2.45) is 11.8 Å². The second kappa shape index (κ2) is 9.29. The molecule has 6 nitrogen and oxygen atoms in total. The third-order valence-electron chi connectivity index (χ3n) is 6.35. The van der Waals surface area contributed by atoms with Gasteiger partial charge in [0.1, 0.15) is 11.8 Å². The standard InChI is InChI=1S/C25H27F2N3O3/c1-15(2)23(30-14-28-21-12-19(26)20(27)13-22(21)30)25(32)29-10-8-17(9-11-29)24(31)16-4-6-18(33-3)7-5-16/h4-7,12-15,17,23H,8-11H2,1-3H3. The van der Waals surface area contributed by atoms with Crippen LogP contribution in [0.3, 0.4) is 0 Å². The largest absolute Gasteiger partial charge is 0.497 e. The number of Topliss-reactive ketones (excluding diaryl/α,β-unsaturated/α-hetero) is 1. The molecular weight excluding hydrogens is 428 g/mol. The molecule has 8 heteroatoms. The molecule has 1 fully saturated rings. The molecule has 1 amide bonds. The number of aromatic nitrogens is 2. The number of methoxy groups -OCH3 is 1. The van der Waals surface area contributed by atoms with E-state index in [0.717, 1.165) is 12.1 Å². The Morgan fingerprint density at radius 1 is 1.06 bits per heavy atom. The lowest BCUT2D eigenvalue weighted by Crippen LogP contribution is -2.44. The Morgan fingerprint density at radius 3 is 2.30 bits per heavy atom. The van der Waals surface area contributed by atoms with Crippen molar-refractivity contribution in [3.63, 3.8) is 0 Å². The highest BCUT2D eigenvalue weighted by Crippen LogP contribution is 2.30. The summed E-state index contributed by atoms with van der Waals surface area (Å²) in [4.78, 5) is 32.3. The fraction of sp³-hybridized carbons (Fsp3) is 0.400. The van der Waals surface area contributed by atoms with Gasteiger partial charge >= 0.3 is 0 Å². The molecule has 1 saturated heterocycles. The predicted molar refractivity (Wildman–Crippen MR) is 120 cm³/mol. The molecule has 1 aliphatic heterocycles. The van der Waals surface area contributed by atoms with Crippen LogP contribution >= 0.6 is 0 Å². The van der Waals surface area contributed by atoms with Gasteiger partial charge in [0, 0.05) is 36.7 Å². The summed E-state index contributed by atoms with van der Waals surface area (Å²) in [5.41, 5.74) is 1.32. The average Bonchev–Trinajstić information content (AvgIpc) is 3.20. The second-order valence-corrected chi connectivity index (χ2v) is 8.79. The van der Waals surface area contributed by atoms with Gasteiger partial charge in [-0.25, -0.2) is 13.8 Å². The van der Waals surface area contributed by atoms with E-state index in [9.17, 15) is 18.4 Å². The number of benzene rings is 2. The van der Waals surface area contributed by atoms with E-state index < -0.39 is 17.7 Å². The summed E-state index contributed by atoms with van der Waals surface area (Å²) >= 11 is 0. The van der Waals surface area contributed by atoms with Gasteiger partial charge < -0.3 is 14.2 Å². The number of halogens is 2. The number of piperidine rings is 1. The topological polar surface area (TPSA) is 64.4 Å². The first-order valence-electron chi connectivity index (χ1n) is 11.1. The molecule has 3 aromatic rings. The normalized spacial score (nSPS) is 15.8. The number of nitrogens with zero attached hydrogens (tertiary/aromatic N) is 3. The molecule has 2 aromatic carbocycles. The molecule has 1 atom stereocenters. The fourth-order valence-electron chi connectivity index (χ4n) is 4.51. The number of amides is 1. The zero-order chi connectivity index (χ0) is 23.7. The Labute approximate surface area is 191 Å². The molecule has 0 bridgehead atoms. The van der Waals surface area contributed by atoms with Crippen LogP contribution in [0.25, 0.3) is 11.0 Å². The highest BCUT2D eigenvalue weighted by molar-refractivity contribution is 5.98. The summed E-state index contributed by atoms with van der Waals surface area (Å²) in [7, 11) is 1.58.